The maximum atomic E-state index is 11.5. The molecule has 18 heavy (non-hydrogen) atoms. The largest absolute Gasteiger partial charge is 0.506 e. The van der Waals surface area contributed by atoms with Crippen LogP contribution in [-0.2, 0) is 4.74 Å². The van der Waals surface area contributed by atoms with Crippen molar-refractivity contribution in [1.29, 1.82) is 0 Å². The minimum absolute atomic E-state index is 0.0188. The topological polar surface area (TPSA) is 46.5 Å². The number of carbonyl (C=O) groups is 1. The minimum Gasteiger partial charge on any atom is -0.506 e. The minimum atomic E-state index is -0.500. The van der Waals surface area contributed by atoms with E-state index in [0.29, 0.717) is 5.56 Å². The number of esters is 1. The first kappa shape index (κ1) is 13.0. The van der Waals surface area contributed by atoms with Gasteiger partial charge in [-0.05, 0) is 19.1 Å². The van der Waals surface area contributed by atoms with Crippen molar-refractivity contribution in [2.45, 2.75) is 16.0 Å². The molecule has 0 bridgehead atoms. The summed E-state index contributed by atoms with van der Waals surface area (Å²) in [6.45, 7) is 1.80. The number of rotatable bonds is 3. The lowest BCUT2D eigenvalue weighted by atomic mass is 10.3. The first-order valence-electron chi connectivity index (χ1n) is 5.27. The van der Waals surface area contributed by atoms with Crippen LogP contribution in [0.1, 0.15) is 15.2 Å². The van der Waals surface area contributed by atoms with E-state index in [2.05, 4.69) is 4.74 Å². The summed E-state index contributed by atoms with van der Waals surface area (Å²) in [5.74, 6) is -0.481. The lowest BCUT2D eigenvalue weighted by molar-refractivity contribution is 0.0603. The van der Waals surface area contributed by atoms with Crippen LogP contribution in [0.2, 0.25) is 0 Å². The Labute approximate surface area is 113 Å². The summed E-state index contributed by atoms with van der Waals surface area (Å²) in [5, 5.41) is 9.89. The summed E-state index contributed by atoms with van der Waals surface area (Å²) in [6.07, 6.45) is 0. The van der Waals surface area contributed by atoms with Gasteiger partial charge >= 0.3 is 5.97 Å². The summed E-state index contributed by atoms with van der Waals surface area (Å²) in [6, 6.07) is 9.82. The molecule has 1 aromatic heterocycles. The van der Waals surface area contributed by atoms with Crippen LogP contribution in [0.4, 0.5) is 0 Å². The van der Waals surface area contributed by atoms with Crippen LogP contribution in [0.15, 0.2) is 39.4 Å². The molecule has 1 heterocycles. The zero-order valence-electron chi connectivity index (χ0n) is 9.97. The van der Waals surface area contributed by atoms with Gasteiger partial charge in [0.1, 0.15) is 5.75 Å². The Morgan fingerprint density at radius 2 is 2.00 bits per heavy atom. The van der Waals surface area contributed by atoms with Crippen LogP contribution in [0.25, 0.3) is 0 Å². The molecule has 1 N–H and O–H groups in total. The third-order valence-corrected chi connectivity index (χ3v) is 4.95. The Kier molecular flexibility index (Phi) is 3.93. The number of hydrogen-bond donors (Lipinski definition) is 1. The van der Waals surface area contributed by atoms with E-state index in [4.69, 9.17) is 0 Å². The van der Waals surface area contributed by atoms with Crippen molar-refractivity contribution in [3.63, 3.8) is 0 Å². The predicted molar refractivity (Wildman–Crippen MR) is 72.6 cm³/mol. The summed E-state index contributed by atoms with van der Waals surface area (Å²) in [7, 11) is 1.31. The molecule has 2 rings (SSSR count). The Morgan fingerprint density at radius 1 is 1.33 bits per heavy atom. The number of thiophene rings is 1. The van der Waals surface area contributed by atoms with Crippen molar-refractivity contribution in [3.8, 4) is 5.75 Å². The van der Waals surface area contributed by atoms with Crippen molar-refractivity contribution >= 4 is 29.1 Å². The van der Waals surface area contributed by atoms with Gasteiger partial charge in [-0.1, -0.05) is 30.0 Å². The molecular formula is C13H12O3S2. The van der Waals surface area contributed by atoms with Crippen molar-refractivity contribution in [2.24, 2.45) is 0 Å². The number of hydrogen-bond acceptors (Lipinski definition) is 5. The fraction of sp³-hybridized carbons (Fsp3) is 0.154. The third-order valence-electron chi connectivity index (χ3n) is 2.40. The van der Waals surface area contributed by atoms with Crippen molar-refractivity contribution in [1.82, 2.24) is 0 Å². The first-order chi connectivity index (χ1) is 8.63. The molecule has 0 unspecified atom stereocenters. The van der Waals surface area contributed by atoms with Gasteiger partial charge in [0.05, 0.1) is 11.3 Å². The molecular weight excluding hydrogens is 268 g/mol. The number of benzene rings is 1. The van der Waals surface area contributed by atoms with E-state index < -0.39 is 5.97 Å². The molecule has 0 aliphatic carbocycles. The van der Waals surface area contributed by atoms with Crippen molar-refractivity contribution < 1.29 is 14.6 Å². The first-order valence-corrected chi connectivity index (χ1v) is 6.90. The molecule has 0 spiro atoms. The van der Waals surface area contributed by atoms with Crippen LogP contribution in [0, 0.1) is 6.92 Å². The summed E-state index contributed by atoms with van der Waals surface area (Å²) < 4.78 is 5.54. The fourth-order valence-electron chi connectivity index (χ4n) is 1.41. The molecule has 0 aliphatic rings. The van der Waals surface area contributed by atoms with Gasteiger partial charge in [0.25, 0.3) is 0 Å². The maximum Gasteiger partial charge on any atom is 0.351 e. The highest BCUT2D eigenvalue weighted by atomic mass is 32.2. The van der Waals surface area contributed by atoms with Crippen molar-refractivity contribution in [3.05, 3.63) is 40.8 Å². The summed E-state index contributed by atoms with van der Waals surface area (Å²) in [4.78, 5) is 12.8. The van der Waals surface area contributed by atoms with Gasteiger partial charge in [-0.15, -0.1) is 11.3 Å². The Balaban J connectivity index is 2.32. The highest BCUT2D eigenvalue weighted by Crippen LogP contribution is 2.43. The molecule has 0 saturated carbocycles. The molecule has 0 fully saturated rings. The smallest absolute Gasteiger partial charge is 0.351 e. The van der Waals surface area contributed by atoms with Crippen LogP contribution < -0.4 is 0 Å². The monoisotopic (exact) mass is 280 g/mol. The molecule has 2 aromatic rings. The molecule has 0 radical (unpaired) electrons. The van der Waals surface area contributed by atoms with Gasteiger partial charge in [0.15, 0.2) is 4.88 Å². The zero-order chi connectivity index (χ0) is 13.1. The van der Waals surface area contributed by atoms with Crippen molar-refractivity contribution in [2.75, 3.05) is 7.11 Å². The van der Waals surface area contributed by atoms with Gasteiger partial charge < -0.3 is 9.84 Å². The third kappa shape index (κ3) is 2.52. The molecule has 94 valence electrons. The van der Waals surface area contributed by atoms with Crippen LogP contribution in [0.5, 0.6) is 5.75 Å². The Morgan fingerprint density at radius 3 is 2.61 bits per heavy atom. The Bertz CT molecular complexity index is 561. The second kappa shape index (κ2) is 5.46. The normalized spacial score (nSPS) is 10.3. The quantitative estimate of drug-likeness (QED) is 0.871. The highest BCUT2D eigenvalue weighted by Gasteiger charge is 2.21. The fourth-order valence-corrected chi connectivity index (χ4v) is 3.72. The van der Waals surface area contributed by atoms with Crippen LogP contribution in [-0.4, -0.2) is 18.2 Å². The average molecular weight is 280 g/mol. The van der Waals surface area contributed by atoms with Gasteiger partial charge in [-0.2, -0.15) is 0 Å². The van der Waals surface area contributed by atoms with E-state index >= 15 is 0 Å². The summed E-state index contributed by atoms with van der Waals surface area (Å²) >= 11 is 2.78. The lowest BCUT2D eigenvalue weighted by Crippen LogP contribution is -1.97. The molecule has 3 nitrogen and oxygen atoms in total. The molecule has 5 heteroatoms. The molecule has 0 saturated heterocycles. The van der Waals surface area contributed by atoms with Gasteiger partial charge in [0, 0.05) is 10.5 Å². The number of ether oxygens (including phenoxy) is 1. The Hall–Kier alpha value is -1.46. The standard InChI is InChI=1S/C13H12O3S2/c1-8-10(14)11(12(15)16-2)18-13(8)17-9-6-4-3-5-7-9/h3-7,14H,1-2H3. The molecule has 0 aliphatic heterocycles. The second-order valence-electron chi connectivity index (χ2n) is 3.60. The SMILES string of the molecule is COC(=O)c1sc(Sc2ccccc2)c(C)c1O. The van der Waals surface area contributed by atoms with Gasteiger partial charge in [-0.25, -0.2) is 4.79 Å². The number of aromatic hydroxyl groups is 1. The molecule has 0 amide bonds. The van der Waals surface area contributed by atoms with E-state index in [1.165, 1.54) is 30.2 Å². The van der Waals surface area contributed by atoms with Gasteiger partial charge in [-0.3, -0.25) is 0 Å². The molecule has 1 aromatic carbocycles. The maximum absolute atomic E-state index is 11.5. The van der Waals surface area contributed by atoms with Crippen LogP contribution in [0.3, 0.4) is 0 Å². The van der Waals surface area contributed by atoms with Gasteiger partial charge in [0.2, 0.25) is 0 Å². The van der Waals surface area contributed by atoms with E-state index in [9.17, 15) is 9.90 Å². The number of methoxy groups -OCH3 is 1. The van der Waals surface area contributed by atoms with E-state index in [1.54, 1.807) is 6.92 Å². The van der Waals surface area contributed by atoms with Crippen LogP contribution >= 0.6 is 23.1 Å². The zero-order valence-corrected chi connectivity index (χ0v) is 11.6. The van der Waals surface area contributed by atoms with E-state index in [1.807, 2.05) is 30.3 Å². The second-order valence-corrected chi connectivity index (χ2v) is 5.96. The highest BCUT2D eigenvalue weighted by molar-refractivity contribution is 8.01. The predicted octanol–water partition coefficient (Wildman–Crippen LogP) is 3.70. The lowest BCUT2D eigenvalue weighted by Gasteiger charge is -1.98. The molecule has 0 atom stereocenters. The van der Waals surface area contributed by atoms with E-state index in [-0.39, 0.29) is 10.6 Å². The average Bonchev–Trinajstić information content (AvgIpc) is 2.67. The van der Waals surface area contributed by atoms with E-state index in [0.717, 1.165) is 9.10 Å². The number of carbonyl (C=O) groups excluding carboxylic acids is 1. The summed E-state index contributed by atoms with van der Waals surface area (Å²) in [5.41, 5.74) is 0.717.